The van der Waals surface area contributed by atoms with Gasteiger partial charge in [0.2, 0.25) is 0 Å². The molecule has 1 amide bonds. The van der Waals surface area contributed by atoms with Crippen LogP contribution in [0.2, 0.25) is 0 Å². The van der Waals surface area contributed by atoms with Crippen LogP contribution in [0.25, 0.3) is 0 Å². The lowest BCUT2D eigenvalue weighted by Crippen LogP contribution is -2.50. The predicted octanol–water partition coefficient (Wildman–Crippen LogP) is 1.94. The minimum Gasteiger partial charge on any atom is -0.338 e. The summed E-state index contributed by atoms with van der Waals surface area (Å²) in [5.74, 6) is 0.396. The highest BCUT2D eigenvalue weighted by Gasteiger charge is 2.31. The Bertz CT molecular complexity index is 572. The summed E-state index contributed by atoms with van der Waals surface area (Å²) in [5.41, 5.74) is 0.285. The number of likely N-dealkylation sites (tertiary alicyclic amines) is 1. The molecule has 0 bridgehead atoms. The topological polar surface area (TPSA) is 56.4 Å². The molecule has 0 aromatic carbocycles. The Hall–Kier alpha value is -1.14. The molecule has 1 aromatic rings. The van der Waals surface area contributed by atoms with Gasteiger partial charge >= 0.3 is 0 Å². The highest BCUT2D eigenvalue weighted by Crippen LogP contribution is 2.22. The number of hydrogen-bond donors (Lipinski definition) is 1. The summed E-state index contributed by atoms with van der Waals surface area (Å²) < 4.78 is 0.385. The zero-order chi connectivity index (χ0) is 15.6. The second kappa shape index (κ2) is 6.75. The van der Waals surface area contributed by atoms with E-state index >= 15 is 0 Å². The number of carbonyl (C=O) groups is 1. The number of rotatable bonds is 3. The van der Waals surface area contributed by atoms with E-state index in [2.05, 4.69) is 39.7 Å². The van der Waals surface area contributed by atoms with Crippen molar-refractivity contribution in [2.75, 3.05) is 26.7 Å². The van der Waals surface area contributed by atoms with Gasteiger partial charge in [-0.2, -0.15) is 0 Å². The number of piperidine rings is 1. The van der Waals surface area contributed by atoms with Crippen LogP contribution in [-0.4, -0.2) is 53.4 Å². The molecule has 5 nitrogen and oxygen atoms in total. The SMILES string of the molecule is CCN1CCC(N(C)C(=O)c2c[nH]c(=O)c(Br)c2)C(C)C1. The lowest BCUT2D eigenvalue weighted by atomic mass is 9.92. The molecule has 1 aromatic heterocycles. The molecule has 6 heteroatoms. The van der Waals surface area contributed by atoms with E-state index in [1.165, 1.54) is 6.20 Å². The van der Waals surface area contributed by atoms with Crippen LogP contribution in [-0.2, 0) is 0 Å². The maximum atomic E-state index is 12.6. The molecule has 1 saturated heterocycles. The van der Waals surface area contributed by atoms with E-state index in [0.717, 1.165) is 26.1 Å². The second-order valence-corrected chi connectivity index (χ2v) is 6.56. The van der Waals surface area contributed by atoms with E-state index in [1.54, 1.807) is 6.07 Å². The van der Waals surface area contributed by atoms with Crippen LogP contribution in [0.5, 0.6) is 0 Å². The minimum absolute atomic E-state index is 0.0475. The number of aromatic amines is 1. The van der Waals surface area contributed by atoms with Crippen molar-refractivity contribution in [1.29, 1.82) is 0 Å². The molecule has 0 radical (unpaired) electrons. The molecule has 116 valence electrons. The first-order valence-electron chi connectivity index (χ1n) is 7.31. The quantitative estimate of drug-likeness (QED) is 0.901. The van der Waals surface area contributed by atoms with E-state index in [1.807, 2.05) is 11.9 Å². The van der Waals surface area contributed by atoms with Crippen LogP contribution in [0.15, 0.2) is 21.5 Å². The number of amides is 1. The molecule has 2 unspecified atom stereocenters. The first-order chi connectivity index (χ1) is 9.93. The average Bonchev–Trinajstić information content (AvgIpc) is 2.48. The molecular formula is C15H22BrN3O2. The lowest BCUT2D eigenvalue weighted by Gasteiger charge is -2.41. The molecule has 0 saturated carbocycles. The normalized spacial score (nSPS) is 23.0. The van der Waals surface area contributed by atoms with Gasteiger partial charge in [0.05, 0.1) is 10.0 Å². The molecule has 2 rings (SSSR count). The lowest BCUT2D eigenvalue weighted by molar-refractivity contribution is 0.0520. The van der Waals surface area contributed by atoms with Crippen molar-refractivity contribution < 1.29 is 4.79 Å². The average molecular weight is 356 g/mol. The van der Waals surface area contributed by atoms with Gasteiger partial charge in [0.25, 0.3) is 11.5 Å². The van der Waals surface area contributed by atoms with Crippen LogP contribution >= 0.6 is 15.9 Å². The van der Waals surface area contributed by atoms with E-state index in [0.29, 0.717) is 16.0 Å². The molecule has 0 spiro atoms. The van der Waals surface area contributed by atoms with Gasteiger partial charge in [-0.3, -0.25) is 9.59 Å². The summed E-state index contributed by atoms with van der Waals surface area (Å²) in [5, 5.41) is 0. The van der Waals surface area contributed by atoms with Crippen molar-refractivity contribution in [1.82, 2.24) is 14.8 Å². The molecule has 2 heterocycles. The molecule has 21 heavy (non-hydrogen) atoms. The van der Waals surface area contributed by atoms with Gasteiger partial charge in [0, 0.05) is 32.4 Å². The van der Waals surface area contributed by atoms with Gasteiger partial charge in [-0.25, -0.2) is 0 Å². The van der Waals surface area contributed by atoms with Crippen molar-refractivity contribution in [3.05, 3.63) is 32.7 Å². The Morgan fingerprint density at radius 3 is 2.86 bits per heavy atom. The summed E-state index contributed by atoms with van der Waals surface area (Å²) in [6, 6.07) is 1.83. The van der Waals surface area contributed by atoms with Crippen LogP contribution in [0, 0.1) is 5.92 Å². The fourth-order valence-corrected chi connectivity index (χ4v) is 3.38. The number of pyridine rings is 1. The molecule has 0 aliphatic carbocycles. The molecule has 1 N–H and O–H groups in total. The third kappa shape index (κ3) is 3.55. The van der Waals surface area contributed by atoms with Crippen LogP contribution in [0.1, 0.15) is 30.6 Å². The Labute approximate surface area is 133 Å². The van der Waals surface area contributed by atoms with E-state index in [9.17, 15) is 9.59 Å². The summed E-state index contributed by atoms with van der Waals surface area (Å²) in [7, 11) is 1.85. The van der Waals surface area contributed by atoms with Crippen molar-refractivity contribution in [2.24, 2.45) is 5.92 Å². The van der Waals surface area contributed by atoms with Gasteiger partial charge in [-0.15, -0.1) is 0 Å². The predicted molar refractivity (Wildman–Crippen MR) is 86.5 cm³/mol. The third-order valence-electron chi connectivity index (χ3n) is 4.31. The van der Waals surface area contributed by atoms with Gasteiger partial charge in [0.15, 0.2) is 0 Å². The number of aromatic nitrogens is 1. The molecule has 2 atom stereocenters. The van der Waals surface area contributed by atoms with Crippen molar-refractivity contribution in [3.8, 4) is 0 Å². The highest BCUT2D eigenvalue weighted by atomic mass is 79.9. The van der Waals surface area contributed by atoms with E-state index in [-0.39, 0.29) is 17.5 Å². The monoisotopic (exact) mass is 355 g/mol. The summed E-state index contributed by atoms with van der Waals surface area (Å²) in [6.45, 7) is 7.47. The number of nitrogens with zero attached hydrogens (tertiary/aromatic N) is 2. The van der Waals surface area contributed by atoms with Crippen LogP contribution in [0.4, 0.5) is 0 Å². The molecule has 1 aliphatic heterocycles. The zero-order valence-corrected chi connectivity index (χ0v) is 14.3. The van der Waals surface area contributed by atoms with Crippen molar-refractivity contribution >= 4 is 21.8 Å². The smallest absolute Gasteiger partial charge is 0.262 e. The number of H-pyrrole nitrogens is 1. The fourth-order valence-electron chi connectivity index (χ4n) is 3.02. The maximum Gasteiger partial charge on any atom is 0.262 e. The van der Waals surface area contributed by atoms with Crippen LogP contribution in [0.3, 0.4) is 0 Å². The minimum atomic E-state index is -0.223. The Balaban J connectivity index is 2.12. The second-order valence-electron chi connectivity index (χ2n) is 5.71. The van der Waals surface area contributed by atoms with E-state index < -0.39 is 0 Å². The maximum absolute atomic E-state index is 12.6. The van der Waals surface area contributed by atoms with Gasteiger partial charge in [0.1, 0.15) is 0 Å². The summed E-state index contributed by atoms with van der Waals surface area (Å²) in [4.78, 5) is 30.7. The number of carbonyl (C=O) groups excluding carboxylic acids is 1. The van der Waals surface area contributed by atoms with Crippen molar-refractivity contribution in [2.45, 2.75) is 26.3 Å². The molecule has 1 fully saturated rings. The van der Waals surface area contributed by atoms with E-state index in [4.69, 9.17) is 0 Å². The Morgan fingerprint density at radius 1 is 1.57 bits per heavy atom. The van der Waals surface area contributed by atoms with Crippen LogP contribution < -0.4 is 5.56 Å². The largest absolute Gasteiger partial charge is 0.338 e. The highest BCUT2D eigenvalue weighted by molar-refractivity contribution is 9.10. The number of hydrogen-bond acceptors (Lipinski definition) is 3. The Kier molecular flexibility index (Phi) is 5.22. The first kappa shape index (κ1) is 16.2. The first-order valence-corrected chi connectivity index (χ1v) is 8.11. The van der Waals surface area contributed by atoms with Gasteiger partial charge < -0.3 is 14.8 Å². The Morgan fingerprint density at radius 2 is 2.29 bits per heavy atom. The number of nitrogens with one attached hydrogen (secondary N) is 1. The third-order valence-corrected chi connectivity index (χ3v) is 4.90. The summed E-state index contributed by atoms with van der Waals surface area (Å²) >= 11 is 3.17. The summed E-state index contributed by atoms with van der Waals surface area (Å²) in [6.07, 6.45) is 2.47. The molecular weight excluding hydrogens is 334 g/mol. The zero-order valence-electron chi connectivity index (χ0n) is 12.7. The number of halogens is 1. The standard InChI is InChI=1S/C15H22BrN3O2/c1-4-19-6-5-13(10(2)9-19)18(3)15(21)11-7-12(16)14(20)17-8-11/h7-8,10,13H,4-6,9H2,1-3H3,(H,17,20). The van der Waals surface area contributed by atoms with Crippen molar-refractivity contribution in [3.63, 3.8) is 0 Å². The van der Waals surface area contributed by atoms with Gasteiger partial charge in [-0.1, -0.05) is 13.8 Å². The van der Waals surface area contributed by atoms with Gasteiger partial charge in [-0.05, 0) is 40.9 Å². The molecule has 1 aliphatic rings. The fraction of sp³-hybridized carbons (Fsp3) is 0.600.